The maximum absolute atomic E-state index is 13.3. The third-order valence-electron chi connectivity index (χ3n) is 3.93. The van der Waals surface area contributed by atoms with Crippen LogP contribution in [0.15, 0.2) is 23.1 Å². The van der Waals surface area contributed by atoms with Crippen LogP contribution in [-0.2, 0) is 0 Å². The Hall–Kier alpha value is -1.95. The molecule has 7 heteroatoms. The van der Waals surface area contributed by atoms with Crippen LogP contribution in [0.5, 0.6) is 0 Å². The van der Waals surface area contributed by atoms with E-state index in [1.165, 1.54) is 12.3 Å². The van der Waals surface area contributed by atoms with E-state index in [-0.39, 0.29) is 5.02 Å². The van der Waals surface area contributed by atoms with Crippen molar-refractivity contribution < 1.29 is 4.39 Å². The summed E-state index contributed by atoms with van der Waals surface area (Å²) in [5, 5.41) is 0.0767. The number of nitrogens with zero attached hydrogens (tertiary/aromatic N) is 3. The summed E-state index contributed by atoms with van der Waals surface area (Å²) in [5.41, 5.74) is 0.0467. The highest BCUT2D eigenvalue weighted by Crippen LogP contribution is 2.27. The van der Waals surface area contributed by atoms with E-state index >= 15 is 0 Å². The van der Waals surface area contributed by atoms with E-state index in [9.17, 15) is 9.18 Å². The molecular weight excluding hydrogens is 307 g/mol. The van der Waals surface area contributed by atoms with E-state index in [4.69, 9.17) is 11.6 Å². The van der Waals surface area contributed by atoms with Gasteiger partial charge in [-0.2, -0.15) is 4.39 Å². The monoisotopic (exact) mass is 322 g/mol. The van der Waals surface area contributed by atoms with Gasteiger partial charge in [-0.15, -0.1) is 0 Å². The van der Waals surface area contributed by atoms with Gasteiger partial charge in [-0.3, -0.25) is 4.79 Å². The van der Waals surface area contributed by atoms with Crippen LogP contribution in [0.2, 0.25) is 5.02 Å². The van der Waals surface area contributed by atoms with Crippen LogP contribution in [-0.4, -0.2) is 28.0 Å². The molecule has 1 N–H and O–H groups in total. The molecule has 116 valence electrons. The largest absolute Gasteiger partial charge is 0.355 e. The summed E-state index contributed by atoms with van der Waals surface area (Å²) in [5.74, 6) is 0.795. The number of pyridine rings is 1. The van der Waals surface area contributed by atoms with Gasteiger partial charge in [-0.25, -0.2) is 9.97 Å². The highest BCUT2D eigenvalue weighted by atomic mass is 35.5. The molecule has 1 aliphatic heterocycles. The fraction of sp³-hybridized carbons (Fsp3) is 0.400. The molecule has 0 saturated carbocycles. The van der Waals surface area contributed by atoms with Gasteiger partial charge in [0.05, 0.1) is 0 Å². The number of nitrogens with one attached hydrogen (secondary N) is 1. The molecule has 0 amide bonds. The number of rotatable bonds is 2. The minimum atomic E-state index is -0.622. The van der Waals surface area contributed by atoms with Crippen LogP contribution in [0.1, 0.15) is 19.8 Å². The Labute approximate surface area is 132 Å². The van der Waals surface area contributed by atoms with Crippen molar-refractivity contribution in [3.63, 3.8) is 0 Å². The van der Waals surface area contributed by atoms with E-state index in [0.29, 0.717) is 23.1 Å². The van der Waals surface area contributed by atoms with Crippen molar-refractivity contribution in [3.8, 4) is 11.4 Å². The van der Waals surface area contributed by atoms with Gasteiger partial charge in [0.2, 0.25) is 5.95 Å². The molecule has 3 heterocycles. The smallest absolute Gasteiger partial charge is 0.272 e. The average Bonchev–Trinajstić information content (AvgIpc) is 2.51. The first-order valence-corrected chi connectivity index (χ1v) is 7.59. The number of aromatic nitrogens is 3. The second kappa shape index (κ2) is 6.04. The molecule has 0 spiro atoms. The summed E-state index contributed by atoms with van der Waals surface area (Å²) in [6, 6.07) is 2.82. The molecule has 3 rings (SSSR count). The lowest BCUT2D eigenvalue weighted by atomic mass is 9.99. The molecule has 2 aromatic heterocycles. The normalized spacial score (nSPS) is 16.0. The number of halogens is 2. The van der Waals surface area contributed by atoms with Crippen LogP contribution in [0.4, 0.5) is 10.2 Å². The van der Waals surface area contributed by atoms with Gasteiger partial charge in [0, 0.05) is 30.9 Å². The van der Waals surface area contributed by atoms with E-state index in [0.717, 1.165) is 25.9 Å². The molecule has 0 aliphatic carbocycles. The molecular formula is C15H16ClFN4O. The quantitative estimate of drug-likeness (QED) is 0.864. The number of hydrogen-bond donors (Lipinski definition) is 1. The van der Waals surface area contributed by atoms with E-state index in [2.05, 4.69) is 21.9 Å². The van der Waals surface area contributed by atoms with Crippen molar-refractivity contribution in [1.82, 2.24) is 15.0 Å². The molecule has 0 radical (unpaired) electrons. The zero-order valence-corrected chi connectivity index (χ0v) is 12.9. The zero-order valence-electron chi connectivity index (χ0n) is 12.1. The Kier molecular flexibility index (Phi) is 4.11. The summed E-state index contributed by atoms with van der Waals surface area (Å²) < 4.78 is 13.3. The zero-order chi connectivity index (χ0) is 15.7. The van der Waals surface area contributed by atoms with Gasteiger partial charge in [-0.1, -0.05) is 18.5 Å². The van der Waals surface area contributed by atoms with E-state index < -0.39 is 11.5 Å². The third kappa shape index (κ3) is 2.97. The van der Waals surface area contributed by atoms with Gasteiger partial charge in [-0.05, 0) is 24.8 Å². The van der Waals surface area contributed by atoms with Gasteiger partial charge in [0.25, 0.3) is 5.56 Å². The Morgan fingerprint density at radius 3 is 2.82 bits per heavy atom. The van der Waals surface area contributed by atoms with Gasteiger partial charge in [0.1, 0.15) is 10.8 Å². The van der Waals surface area contributed by atoms with Gasteiger partial charge < -0.3 is 9.88 Å². The predicted molar refractivity (Wildman–Crippen MR) is 83.7 cm³/mol. The molecule has 1 aliphatic rings. The van der Waals surface area contributed by atoms with Crippen molar-refractivity contribution in [3.05, 3.63) is 39.7 Å². The lowest BCUT2D eigenvalue weighted by Gasteiger charge is -2.31. The van der Waals surface area contributed by atoms with Crippen molar-refractivity contribution in [2.75, 3.05) is 18.0 Å². The van der Waals surface area contributed by atoms with Crippen LogP contribution < -0.4 is 10.5 Å². The fourth-order valence-corrected chi connectivity index (χ4v) is 2.77. The molecule has 1 fully saturated rings. The first-order chi connectivity index (χ1) is 10.5. The number of H-pyrrole nitrogens is 1. The van der Waals surface area contributed by atoms with E-state index in [1.54, 1.807) is 6.07 Å². The van der Waals surface area contributed by atoms with Crippen molar-refractivity contribution in [1.29, 1.82) is 0 Å². The van der Waals surface area contributed by atoms with Crippen molar-refractivity contribution >= 4 is 17.4 Å². The van der Waals surface area contributed by atoms with Crippen LogP contribution in [0.25, 0.3) is 11.4 Å². The van der Waals surface area contributed by atoms with E-state index in [1.807, 2.05) is 4.90 Å². The first-order valence-electron chi connectivity index (χ1n) is 7.21. The predicted octanol–water partition coefficient (Wildman–Crippen LogP) is 2.86. The van der Waals surface area contributed by atoms with Crippen molar-refractivity contribution in [2.45, 2.75) is 19.8 Å². The maximum atomic E-state index is 13.3. The fourth-order valence-electron chi connectivity index (χ4n) is 2.56. The minimum absolute atomic E-state index is 0.0767. The second-order valence-electron chi connectivity index (χ2n) is 5.59. The van der Waals surface area contributed by atoms with Crippen molar-refractivity contribution in [2.24, 2.45) is 5.92 Å². The summed E-state index contributed by atoms with van der Waals surface area (Å²) in [4.78, 5) is 24.6. The van der Waals surface area contributed by atoms with Crippen LogP contribution in [0.3, 0.4) is 0 Å². The van der Waals surface area contributed by atoms with Gasteiger partial charge >= 0.3 is 0 Å². The maximum Gasteiger partial charge on any atom is 0.272 e. The lowest BCUT2D eigenvalue weighted by molar-refractivity contribution is 0.436. The molecule has 2 aromatic rings. The molecule has 1 saturated heterocycles. The Morgan fingerprint density at radius 1 is 1.41 bits per heavy atom. The molecule has 0 unspecified atom stereocenters. The average molecular weight is 323 g/mol. The highest BCUT2D eigenvalue weighted by molar-refractivity contribution is 6.32. The third-order valence-corrected chi connectivity index (χ3v) is 4.27. The summed E-state index contributed by atoms with van der Waals surface area (Å²) in [6.45, 7) is 3.82. The molecule has 0 aromatic carbocycles. The van der Waals surface area contributed by atoms with Gasteiger partial charge in [0.15, 0.2) is 5.82 Å². The second-order valence-corrected chi connectivity index (χ2v) is 5.97. The first kappa shape index (κ1) is 15.0. The molecule has 22 heavy (non-hydrogen) atoms. The van der Waals surface area contributed by atoms with Crippen LogP contribution in [0, 0.1) is 11.9 Å². The summed E-state index contributed by atoms with van der Waals surface area (Å²) >= 11 is 6.12. The summed E-state index contributed by atoms with van der Waals surface area (Å²) in [6.07, 6.45) is 3.40. The number of aromatic amines is 1. The number of piperidine rings is 1. The van der Waals surface area contributed by atoms with Crippen LogP contribution >= 0.6 is 11.6 Å². The Bertz CT molecular complexity index is 741. The summed E-state index contributed by atoms with van der Waals surface area (Å²) in [7, 11) is 0. The lowest BCUT2D eigenvalue weighted by Crippen LogP contribution is -2.34. The highest BCUT2D eigenvalue weighted by Gasteiger charge is 2.21. The SMILES string of the molecule is CC1CCN(c2nc(-c3ccnc(F)c3)[nH]c(=O)c2Cl)CC1. The Balaban J connectivity index is 2.02. The molecule has 5 nitrogen and oxygen atoms in total. The topological polar surface area (TPSA) is 61.9 Å². The Morgan fingerprint density at radius 2 is 2.14 bits per heavy atom. The molecule has 0 atom stereocenters. The molecule has 0 bridgehead atoms. The number of anilines is 1. The standard InChI is InChI=1S/C15H16ClFN4O/c1-9-3-6-21(7-4-9)14-12(16)15(22)20-13(19-14)10-2-5-18-11(17)8-10/h2,5,8-9H,3-4,6-7H2,1H3,(H,19,20,22). The minimum Gasteiger partial charge on any atom is -0.355 e. The number of hydrogen-bond acceptors (Lipinski definition) is 4.